The Balaban J connectivity index is 2.03. The summed E-state index contributed by atoms with van der Waals surface area (Å²) in [5, 5.41) is 5.93. The first-order valence-electron chi connectivity index (χ1n) is 7.86. The highest BCUT2D eigenvalue weighted by atomic mass is 32.2. The number of amides is 3. The first-order valence-corrected chi connectivity index (χ1v) is 9.34. The Labute approximate surface area is 162 Å². The van der Waals surface area contributed by atoms with E-state index < -0.39 is 33.4 Å². The molecule has 0 saturated heterocycles. The molecule has 3 rings (SSSR count). The van der Waals surface area contributed by atoms with Crippen molar-refractivity contribution in [3.63, 3.8) is 0 Å². The maximum atomic E-state index is 14.6. The number of aromatic nitrogens is 2. The lowest BCUT2D eigenvalue weighted by molar-refractivity contribution is 0.0996. The standard InChI is InChI=1S/C17H13F2N5O4S/c18-9-1-3-10(4-2-9)29(27,28)11-5-6-14(12(19)7-11)24-8-13(22-17(21)26)15(23-24)16(20)25/h1-8H,(H2,20,25)(H3,21,22,26). The second kappa shape index (κ2) is 7.31. The van der Waals surface area contributed by atoms with E-state index in [9.17, 15) is 26.8 Å². The Morgan fingerprint density at radius 2 is 1.62 bits per heavy atom. The lowest BCUT2D eigenvalue weighted by Crippen LogP contribution is -2.22. The Morgan fingerprint density at radius 1 is 1.00 bits per heavy atom. The lowest BCUT2D eigenvalue weighted by Gasteiger charge is -2.08. The van der Waals surface area contributed by atoms with E-state index in [0.29, 0.717) is 0 Å². The van der Waals surface area contributed by atoms with Crippen molar-refractivity contribution in [2.75, 3.05) is 5.32 Å². The third-order valence-corrected chi connectivity index (χ3v) is 5.57. The van der Waals surface area contributed by atoms with Crippen LogP contribution in [0, 0.1) is 11.6 Å². The molecule has 3 amide bonds. The molecule has 2 aromatic carbocycles. The van der Waals surface area contributed by atoms with Crippen LogP contribution < -0.4 is 16.8 Å². The van der Waals surface area contributed by atoms with Crippen LogP contribution in [0.3, 0.4) is 0 Å². The van der Waals surface area contributed by atoms with Gasteiger partial charge in [-0.3, -0.25) is 4.79 Å². The molecule has 29 heavy (non-hydrogen) atoms. The first-order chi connectivity index (χ1) is 13.6. The molecular formula is C17H13F2N5O4S. The van der Waals surface area contributed by atoms with Crippen LogP contribution in [0.2, 0.25) is 0 Å². The van der Waals surface area contributed by atoms with Gasteiger partial charge in [-0.05, 0) is 42.5 Å². The number of hydrogen-bond acceptors (Lipinski definition) is 5. The summed E-state index contributed by atoms with van der Waals surface area (Å²) >= 11 is 0. The molecule has 0 spiro atoms. The van der Waals surface area contributed by atoms with Gasteiger partial charge < -0.3 is 16.8 Å². The number of anilines is 1. The molecule has 0 bridgehead atoms. The fourth-order valence-corrected chi connectivity index (χ4v) is 3.77. The van der Waals surface area contributed by atoms with Crippen LogP contribution in [0.4, 0.5) is 19.3 Å². The molecule has 3 aromatic rings. The highest BCUT2D eigenvalue weighted by Gasteiger charge is 2.22. The Morgan fingerprint density at radius 3 is 2.17 bits per heavy atom. The molecule has 0 aliphatic rings. The number of rotatable bonds is 5. The molecule has 5 N–H and O–H groups in total. The second-order valence-electron chi connectivity index (χ2n) is 5.76. The molecule has 0 aliphatic heterocycles. The number of sulfone groups is 1. The van der Waals surface area contributed by atoms with Crippen molar-refractivity contribution >= 4 is 27.5 Å². The van der Waals surface area contributed by atoms with Gasteiger partial charge in [-0.2, -0.15) is 5.10 Å². The summed E-state index contributed by atoms with van der Waals surface area (Å²) in [5.74, 6) is -2.60. The fraction of sp³-hybridized carbons (Fsp3) is 0. The topological polar surface area (TPSA) is 150 Å². The number of hydrogen-bond donors (Lipinski definition) is 3. The molecule has 1 heterocycles. The molecule has 1 aromatic heterocycles. The molecule has 0 atom stereocenters. The molecule has 0 unspecified atom stereocenters. The smallest absolute Gasteiger partial charge is 0.316 e. The average molecular weight is 421 g/mol. The van der Waals surface area contributed by atoms with Gasteiger partial charge in [0, 0.05) is 0 Å². The van der Waals surface area contributed by atoms with E-state index in [4.69, 9.17) is 11.5 Å². The van der Waals surface area contributed by atoms with Crippen LogP contribution >= 0.6 is 0 Å². The Kier molecular flexibility index (Phi) is 5.03. The summed E-state index contributed by atoms with van der Waals surface area (Å²) in [6.07, 6.45) is 1.09. The molecule has 12 heteroatoms. The summed E-state index contributed by atoms with van der Waals surface area (Å²) < 4.78 is 53.7. The van der Waals surface area contributed by atoms with Crippen LogP contribution in [0.5, 0.6) is 0 Å². The Hall–Kier alpha value is -3.80. The average Bonchev–Trinajstić information content (AvgIpc) is 3.05. The molecular weight excluding hydrogens is 408 g/mol. The van der Waals surface area contributed by atoms with Crippen molar-refractivity contribution in [3.8, 4) is 5.69 Å². The van der Waals surface area contributed by atoms with Gasteiger partial charge in [-0.1, -0.05) is 0 Å². The van der Waals surface area contributed by atoms with Gasteiger partial charge in [0.15, 0.2) is 5.69 Å². The summed E-state index contributed by atoms with van der Waals surface area (Å²) in [7, 11) is -4.09. The van der Waals surface area contributed by atoms with E-state index in [0.717, 1.165) is 53.3 Å². The molecule has 0 radical (unpaired) electrons. The number of halogens is 2. The number of carbonyl (C=O) groups excluding carboxylic acids is 2. The quantitative estimate of drug-likeness (QED) is 0.535. The van der Waals surface area contributed by atoms with Crippen molar-refractivity contribution in [1.82, 2.24) is 9.78 Å². The van der Waals surface area contributed by atoms with E-state index in [-0.39, 0.29) is 26.9 Å². The van der Waals surface area contributed by atoms with Crippen molar-refractivity contribution in [3.05, 3.63) is 66.0 Å². The van der Waals surface area contributed by atoms with Crippen LogP contribution in [-0.4, -0.2) is 30.1 Å². The van der Waals surface area contributed by atoms with E-state index in [1.54, 1.807) is 0 Å². The van der Waals surface area contributed by atoms with Gasteiger partial charge in [-0.25, -0.2) is 26.7 Å². The van der Waals surface area contributed by atoms with E-state index in [1.165, 1.54) is 0 Å². The van der Waals surface area contributed by atoms with Gasteiger partial charge in [-0.15, -0.1) is 0 Å². The zero-order chi connectivity index (χ0) is 21.3. The number of nitrogens with one attached hydrogen (secondary N) is 1. The maximum Gasteiger partial charge on any atom is 0.316 e. The van der Waals surface area contributed by atoms with Crippen molar-refractivity contribution in [2.24, 2.45) is 11.5 Å². The van der Waals surface area contributed by atoms with Crippen molar-refractivity contribution in [1.29, 1.82) is 0 Å². The zero-order valence-electron chi connectivity index (χ0n) is 14.5. The number of carbonyl (C=O) groups is 2. The van der Waals surface area contributed by atoms with Crippen LogP contribution in [-0.2, 0) is 9.84 Å². The first kappa shape index (κ1) is 19.9. The highest BCUT2D eigenvalue weighted by Crippen LogP contribution is 2.25. The largest absolute Gasteiger partial charge is 0.364 e. The third-order valence-electron chi connectivity index (χ3n) is 3.81. The predicted octanol–water partition coefficient (Wildman–Crippen LogP) is 1.57. The predicted molar refractivity (Wildman–Crippen MR) is 97.1 cm³/mol. The van der Waals surface area contributed by atoms with Gasteiger partial charge in [0.2, 0.25) is 9.84 Å². The van der Waals surface area contributed by atoms with Crippen molar-refractivity contribution < 1.29 is 26.8 Å². The van der Waals surface area contributed by atoms with Crippen LogP contribution in [0.1, 0.15) is 10.5 Å². The summed E-state index contributed by atoms with van der Waals surface area (Å²) in [4.78, 5) is 21.9. The number of nitrogens with two attached hydrogens (primary N) is 2. The van der Waals surface area contributed by atoms with Gasteiger partial charge in [0.1, 0.15) is 17.3 Å². The normalized spacial score (nSPS) is 11.2. The van der Waals surface area contributed by atoms with Gasteiger partial charge in [0.05, 0.1) is 21.7 Å². The molecule has 9 nitrogen and oxygen atoms in total. The summed E-state index contributed by atoms with van der Waals surface area (Å²) in [6, 6.07) is 6.05. The molecule has 150 valence electrons. The fourth-order valence-electron chi connectivity index (χ4n) is 2.49. The maximum absolute atomic E-state index is 14.6. The lowest BCUT2D eigenvalue weighted by atomic mass is 10.3. The van der Waals surface area contributed by atoms with E-state index in [2.05, 4.69) is 10.4 Å². The minimum Gasteiger partial charge on any atom is -0.364 e. The minimum atomic E-state index is -4.09. The monoisotopic (exact) mass is 421 g/mol. The Bertz CT molecular complexity index is 1220. The number of nitrogens with zero attached hydrogens (tertiary/aromatic N) is 2. The zero-order valence-corrected chi connectivity index (χ0v) is 15.3. The molecule has 0 saturated carbocycles. The number of benzene rings is 2. The van der Waals surface area contributed by atoms with Crippen LogP contribution in [0.25, 0.3) is 5.69 Å². The van der Waals surface area contributed by atoms with Crippen molar-refractivity contribution in [2.45, 2.75) is 9.79 Å². The second-order valence-corrected chi connectivity index (χ2v) is 7.71. The third kappa shape index (κ3) is 3.91. The van der Waals surface area contributed by atoms with Gasteiger partial charge in [0.25, 0.3) is 5.91 Å². The highest BCUT2D eigenvalue weighted by molar-refractivity contribution is 7.91. The van der Waals surface area contributed by atoms with Gasteiger partial charge >= 0.3 is 6.03 Å². The SMILES string of the molecule is NC(=O)Nc1cn(-c2ccc(S(=O)(=O)c3ccc(F)cc3)cc2F)nc1C(N)=O. The number of urea groups is 1. The molecule has 0 fully saturated rings. The van der Waals surface area contributed by atoms with E-state index >= 15 is 0 Å². The minimum absolute atomic E-state index is 0.146. The molecule has 0 aliphatic carbocycles. The van der Waals surface area contributed by atoms with E-state index in [1.807, 2.05) is 0 Å². The summed E-state index contributed by atoms with van der Waals surface area (Å²) in [6.45, 7) is 0. The number of primary amides is 2. The van der Waals surface area contributed by atoms with Crippen LogP contribution in [0.15, 0.2) is 58.5 Å². The summed E-state index contributed by atoms with van der Waals surface area (Å²) in [5.41, 5.74) is 9.44.